The molecule has 2 saturated heterocycles. The number of ether oxygens (including phenoxy) is 2. The van der Waals surface area contributed by atoms with Crippen LogP contribution in [0.25, 0.3) is 44.5 Å². The summed E-state index contributed by atoms with van der Waals surface area (Å²) in [6.07, 6.45) is 7.36. The quantitative estimate of drug-likeness (QED) is 0.0995. The Kier molecular flexibility index (Phi) is 11.6. The van der Waals surface area contributed by atoms with Crippen LogP contribution < -0.4 is 10.6 Å². The number of nitrogens with zero attached hydrogens (tertiary/aromatic N) is 4. The van der Waals surface area contributed by atoms with Crippen LogP contribution in [0.3, 0.4) is 0 Å². The van der Waals surface area contributed by atoms with Crippen LogP contribution in [0.5, 0.6) is 0 Å². The molecule has 4 aromatic carbocycles. The third kappa shape index (κ3) is 7.85. The summed E-state index contributed by atoms with van der Waals surface area (Å²) in [5.41, 5.74) is 12.2. The van der Waals surface area contributed by atoms with Crippen molar-refractivity contribution in [1.29, 1.82) is 0 Å². The number of likely N-dealkylation sites (tertiary alicyclic amines) is 2. The summed E-state index contributed by atoms with van der Waals surface area (Å²) in [6.45, 7) is 4.99. The predicted octanol–water partition coefficient (Wildman–Crippen LogP) is 9.46. The average Bonchev–Trinajstić information content (AvgIpc) is 4.21. The molecule has 2 unspecified atom stereocenters. The number of nitrogens with one attached hydrogen (secondary N) is 4. The molecular formula is C52H56N8O6. The van der Waals surface area contributed by atoms with Crippen molar-refractivity contribution >= 4 is 35.0 Å². The van der Waals surface area contributed by atoms with E-state index < -0.39 is 24.3 Å². The summed E-state index contributed by atoms with van der Waals surface area (Å²) in [7, 11) is 2.60. The van der Waals surface area contributed by atoms with E-state index in [0.29, 0.717) is 30.5 Å². The van der Waals surface area contributed by atoms with Crippen LogP contribution in [0.2, 0.25) is 0 Å². The highest BCUT2D eigenvalue weighted by Crippen LogP contribution is 2.58. The van der Waals surface area contributed by atoms with E-state index in [1.807, 2.05) is 60.2 Å². The van der Waals surface area contributed by atoms with Crippen molar-refractivity contribution < 1.29 is 28.7 Å². The Morgan fingerprint density at radius 1 is 0.682 bits per heavy atom. The average molecular weight is 889 g/mol. The van der Waals surface area contributed by atoms with Gasteiger partial charge in [-0.05, 0) is 119 Å². The standard InChI is InChI=1S/C52H56N8O6/c1-29(2)45(57-51(63)65-3)49(61)59-24-8-12-41(59)47-53-28-40(56-47)31-16-14-30(15-17-31)36-21-22-37(44-35-19-18-34(26-35)43(36)44)33-20-23-38-39(27-33)55-48(54-38)42-13-9-25-60(42)50(62)46(58-52(64)66-4)32-10-6-5-7-11-32/h5-7,10-11,14-17,20-23,27-29,34-35,41-42,45-46H,8-9,12-13,18-19,24-26H2,1-4H3,(H,53,56)(H,54,55)(H,57,63)(H,58,64)/t34?,35?,41-,42+,45+,46+/m1/s1. The normalized spacial score (nSPS) is 20.7. The molecule has 0 spiro atoms. The number of hydrogen-bond acceptors (Lipinski definition) is 8. The van der Waals surface area contributed by atoms with Crippen molar-refractivity contribution in [3.8, 4) is 33.5 Å². The van der Waals surface area contributed by atoms with Gasteiger partial charge in [0.1, 0.15) is 23.7 Å². The van der Waals surface area contributed by atoms with E-state index >= 15 is 0 Å². The summed E-state index contributed by atoms with van der Waals surface area (Å²) in [5.74, 6) is 2.09. The molecule has 10 rings (SSSR count). The smallest absolute Gasteiger partial charge is 0.407 e. The molecule has 4 amide bonds. The van der Waals surface area contributed by atoms with Gasteiger partial charge in [0.2, 0.25) is 5.91 Å². The Morgan fingerprint density at radius 2 is 1.29 bits per heavy atom. The molecule has 14 nitrogen and oxygen atoms in total. The maximum atomic E-state index is 14.1. The second kappa shape index (κ2) is 17.8. The number of imidazole rings is 2. The van der Waals surface area contributed by atoms with Gasteiger partial charge in [0.05, 0.1) is 49.2 Å². The number of methoxy groups -OCH3 is 2. The van der Waals surface area contributed by atoms with Gasteiger partial charge in [-0.1, -0.05) is 86.6 Å². The summed E-state index contributed by atoms with van der Waals surface area (Å²) >= 11 is 0. The molecule has 2 aliphatic heterocycles. The Balaban J connectivity index is 0.888. The lowest BCUT2D eigenvalue weighted by Gasteiger charge is -2.30. The Bertz CT molecular complexity index is 2800. The van der Waals surface area contributed by atoms with E-state index in [4.69, 9.17) is 19.4 Å². The number of amides is 4. The molecule has 1 saturated carbocycles. The highest BCUT2D eigenvalue weighted by molar-refractivity contribution is 5.89. The molecule has 0 radical (unpaired) electrons. The van der Waals surface area contributed by atoms with E-state index in [1.54, 1.807) is 0 Å². The van der Waals surface area contributed by atoms with Crippen LogP contribution in [-0.2, 0) is 19.1 Å². The number of benzene rings is 4. The van der Waals surface area contributed by atoms with E-state index in [-0.39, 0.29) is 29.8 Å². The fourth-order valence-electron chi connectivity index (χ4n) is 11.1. The minimum Gasteiger partial charge on any atom is -0.453 e. The van der Waals surface area contributed by atoms with Crippen LogP contribution in [0.15, 0.2) is 91.1 Å². The zero-order valence-corrected chi connectivity index (χ0v) is 37.8. The minimum absolute atomic E-state index is 0.105. The topological polar surface area (TPSA) is 175 Å². The number of H-pyrrole nitrogens is 2. The third-order valence-electron chi connectivity index (χ3n) is 14.4. The molecule has 6 aromatic rings. The Labute approximate surface area is 383 Å². The number of rotatable bonds is 11. The van der Waals surface area contributed by atoms with Crippen molar-refractivity contribution in [2.45, 2.75) is 94.8 Å². The molecule has 66 heavy (non-hydrogen) atoms. The van der Waals surface area contributed by atoms with Crippen molar-refractivity contribution in [2.24, 2.45) is 5.92 Å². The van der Waals surface area contributed by atoms with Gasteiger partial charge < -0.3 is 39.9 Å². The molecule has 6 atom stereocenters. The Hall–Kier alpha value is -6.96. The lowest BCUT2D eigenvalue weighted by molar-refractivity contribution is -0.135. The fourth-order valence-corrected chi connectivity index (χ4v) is 11.1. The number of alkyl carbamates (subject to hydrolysis) is 2. The molecule has 2 aromatic heterocycles. The molecule has 4 N–H and O–H groups in total. The first-order valence-corrected chi connectivity index (χ1v) is 23.3. The minimum atomic E-state index is -0.880. The maximum Gasteiger partial charge on any atom is 0.407 e. The highest BCUT2D eigenvalue weighted by atomic mass is 16.5. The first-order valence-electron chi connectivity index (χ1n) is 23.3. The second-order valence-corrected chi connectivity index (χ2v) is 18.5. The number of carbonyl (C=O) groups excluding carboxylic acids is 4. The van der Waals surface area contributed by atoms with Crippen LogP contribution in [0.1, 0.15) is 117 Å². The van der Waals surface area contributed by atoms with Crippen molar-refractivity contribution in [2.75, 3.05) is 27.3 Å². The van der Waals surface area contributed by atoms with Crippen molar-refractivity contribution in [3.63, 3.8) is 0 Å². The third-order valence-corrected chi connectivity index (χ3v) is 14.4. The molecule has 4 aliphatic rings. The van der Waals surface area contributed by atoms with Gasteiger partial charge in [-0.25, -0.2) is 19.6 Å². The van der Waals surface area contributed by atoms with Crippen LogP contribution >= 0.6 is 0 Å². The number of fused-ring (bicyclic) bond motifs is 6. The zero-order valence-electron chi connectivity index (χ0n) is 37.8. The van der Waals surface area contributed by atoms with Gasteiger partial charge in [-0.15, -0.1) is 0 Å². The second-order valence-electron chi connectivity index (χ2n) is 18.5. The number of aromatic amines is 2. The predicted molar refractivity (Wildman–Crippen MR) is 250 cm³/mol. The van der Waals surface area contributed by atoms with Crippen LogP contribution in [0.4, 0.5) is 9.59 Å². The summed E-state index contributed by atoms with van der Waals surface area (Å²) < 4.78 is 9.68. The van der Waals surface area contributed by atoms with Gasteiger partial charge in [0.15, 0.2) is 0 Å². The first kappa shape index (κ1) is 43.0. The van der Waals surface area contributed by atoms with E-state index in [9.17, 15) is 19.2 Å². The van der Waals surface area contributed by atoms with Crippen LogP contribution in [0, 0.1) is 5.92 Å². The number of hydrogen-bond donors (Lipinski definition) is 4. The summed E-state index contributed by atoms with van der Waals surface area (Å²) in [4.78, 5) is 72.8. The number of carbonyl (C=O) groups is 4. The molecule has 4 heterocycles. The first-order chi connectivity index (χ1) is 32.1. The van der Waals surface area contributed by atoms with E-state index in [1.165, 1.54) is 61.3 Å². The summed E-state index contributed by atoms with van der Waals surface area (Å²) in [6, 6.07) is 27.0. The van der Waals surface area contributed by atoms with Gasteiger partial charge in [0, 0.05) is 13.1 Å². The highest BCUT2D eigenvalue weighted by Gasteiger charge is 2.42. The summed E-state index contributed by atoms with van der Waals surface area (Å²) in [5, 5.41) is 5.48. The number of aromatic nitrogens is 4. The fraction of sp³-hybridized carbons (Fsp3) is 0.385. The monoisotopic (exact) mass is 888 g/mol. The maximum absolute atomic E-state index is 14.1. The van der Waals surface area contributed by atoms with E-state index in [0.717, 1.165) is 65.2 Å². The van der Waals surface area contributed by atoms with Gasteiger partial charge >= 0.3 is 12.2 Å². The molecule has 2 aliphatic carbocycles. The molecule has 340 valence electrons. The van der Waals surface area contributed by atoms with E-state index in [2.05, 4.69) is 75.2 Å². The van der Waals surface area contributed by atoms with Gasteiger partial charge in [-0.2, -0.15) is 0 Å². The van der Waals surface area contributed by atoms with Crippen molar-refractivity contribution in [3.05, 3.63) is 119 Å². The molecule has 14 heteroatoms. The Morgan fingerprint density at radius 3 is 1.95 bits per heavy atom. The van der Waals surface area contributed by atoms with Crippen molar-refractivity contribution in [1.82, 2.24) is 40.4 Å². The molecular weight excluding hydrogens is 833 g/mol. The molecule has 2 bridgehead atoms. The lowest BCUT2D eigenvalue weighted by Crippen LogP contribution is -2.51. The SMILES string of the molecule is COC(=O)N[C@H](C(=O)N1CCC[C@H]1c1nc2ccc(-c3ccc(-c4ccc(-c5cnc([C@H]6CCCN6C(=O)[C@@H](NC(=O)OC)C(C)C)[nH]5)cc4)c4c3C3CCC4C3)cc2[nH]1)c1ccccc1. The van der Waals surface area contributed by atoms with Gasteiger partial charge in [-0.3, -0.25) is 9.59 Å². The lowest BCUT2D eigenvalue weighted by atomic mass is 9.81. The largest absolute Gasteiger partial charge is 0.453 e. The van der Waals surface area contributed by atoms with Gasteiger partial charge in [0.25, 0.3) is 5.91 Å². The molecule has 3 fully saturated rings. The zero-order chi connectivity index (χ0) is 45.6. The van der Waals surface area contributed by atoms with Crippen LogP contribution in [-0.4, -0.2) is 87.1 Å².